The van der Waals surface area contributed by atoms with Gasteiger partial charge in [0.2, 0.25) is 5.91 Å². The number of fused-ring (bicyclic) bond motifs is 1. The van der Waals surface area contributed by atoms with Crippen molar-refractivity contribution in [3.8, 4) is 0 Å². The number of nitrogens with zero attached hydrogens (tertiary/aromatic N) is 2. The Bertz CT molecular complexity index is 563. The van der Waals surface area contributed by atoms with E-state index >= 15 is 0 Å². The number of H-pyrrole nitrogens is 1. The van der Waals surface area contributed by atoms with Crippen LogP contribution in [0.5, 0.6) is 0 Å². The van der Waals surface area contributed by atoms with Crippen molar-refractivity contribution in [1.82, 2.24) is 20.2 Å². The molecule has 7 heteroatoms. The Labute approximate surface area is 135 Å². The number of ether oxygens (including phenoxy) is 1. The standard InChI is InChI=1S/C16H24N4O3/c1-2-23-16(22)20-7-5-12(6-8-20)19-15(21)11-3-4-13-14(9-11)18-10-17-13/h10-12H,2-9H2,1H3,(H,17,18)(H,19,21). The lowest BCUT2D eigenvalue weighted by Gasteiger charge is -2.32. The third-order valence-corrected chi connectivity index (χ3v) is 4.73. The van der Waals surface area contributed by atoms with Gasteiger partial charge in [0.05, 0.1) is 18.6 Å². The SMILES string of the molecule is CCOC(=O)N1CCC(NC(=O)C2CCc3nc[nH]c3C2)CC1. The Morgan fingerprint density at radius 3 is 2.91 bits per heavy atom. The fourth-order valence-electron chi connectivity index (χ4n) is 3.36. The van der Waals surface area contributed by atoms with E-state index in [9.17, 15) is 9.59 Å². The number of aromatic amines is 1. The lowest BCUT2D eigenvalue weighted by molar-refractivity contribution is -0.126. The van der Waals surface area contributed by atoms with Crippen LogP contribution in [0.15, 0.2) is 6.33 Å². The summed E-state index contributed by atoms with van der Waals surface area (Å²) in [7, 11) is 0. The average molecular weight is 320 g/mol. The van der Waals surface area contributed by atoms with Crippen molar-refractivity contribution in [2.24, 2.45) is 5.92 Å². The van der Waals surface area contributed by atoms with Crippen molar-refractivity contribution in [3.05, 3.63) is 17.7 Å². The normalized spacial score (nSPS) is 21.6. The summed E-state index contributed by atoms with van der Waals surface area (Å²) in [6.07, 6.45) is 5.47. The number of likely N-dealkylation sites (tertiary alicyclic amines) is 1. The maximum absolute atomic E-state index is 12.5. The van der Waals surface area contributed by atoms with Crippen molar-refractivity contribution in [1.29, 1.82) is 0 Å². The highest BCUT2D eigenvalue weighted by Crippen LogP contribution is 2.23. The molecule has 0 bridgehead atoms. The average Bonchev–Trinajstić information content (AvgIpc) is 3.03. The van der Waals surface area contributed by atoms with Crippen molar-refractivity contribution < 1.29 is 14.3 Å². The lowest BCUT2D eigenvalue weighted by atomic mass is 9.88. The van der Waals surface area contributed by atoms with Crippen LogP contribution in [0.25, 0.3) is 0 Å². The van der Waals surface area contributed by atoms with E-state index in [1.54, 1.807) is 18.2 Å². The summed E-state index contributed by atoms with van der Waals surface area (Å²) < 4.78 is 5.01. The number of carbonyl (C=O) groups excluding carboxylic acids is 2. The maximum atomic E-state index is 12.5. The van der Waals surface area contributed by atoms with Gasteiger partial charge in [-0.2, -0.15) is 0 Å². The van der Waals surface area contributed by atoms with Crippen LogP contribution in [0.4, 0.5) is 4.79 Å². The fourth-order valence-corrected chi connectivity index (χ4v) is 3.36. The molecule has 2 aliphatic rings. The predicted octanol–water partition coefficient (Wildman–Crippen LogP) is 1.25. The molecular weight excluding hydrogens is 296 g/mol. The molecule has 2 N–H and O–H groups in total. The Morgan fingerprint density at radius 2 is 2.17 bits per heavy atom. The Kier molecular flexibility index (Phi) is 4.83. The first-order chi connectivity index (χ1) is 11.2. The number of rotatable bonds is 3. The van der Waals surface area contributed by atoms with E-state index in [1.807, 2.05) is 0 Å². The molecule has 1 aliphatic heterocycles. The summed E-state index contributed by atoms with van der Waals surface area (Å²) in [5.74, 6) is 0.144. The molecule has 2 amide bonds. The predicted molar refractivity (Wildman–Crippen MR) is 83.9 cm³/mol. The second-order valence-corrected chi connectivity index (χ2v) is 6.24. The van der Waals surface area contributed by atoms with E-state index in [2.05, 4.69) is 15.3 Å². The number of aryl methyl sites for hydroxylation is 1. The molecule has 1 fully saturated rings. The van der Waals surface area contributed by atoms with Gasteiger partial charge in [-0.15, -0.1) is 0 Å². The number of piperidine rings is 1. The maximum Gasteiger partial charge on any atom is 0.409 e. The molecule has 0 aromatic carbocycles. The molecule has 1 aliphatic carbocycles. The molecule has 1 atom stereocenters. The van der Waals surface area contributed by atoms with Gasteiger partial charge in [0, 0.05) is 37.2 Å². The minimum atomic E-state index is -0.253. The second kappa shape index (κ2) is 7.02. The number of amides is 2. The van der Waals surface area contributed by atoms with Gasteiger partial charge in [0.1, 0.15) is 0 Å². The summed E-state index contributed by atoms with van der Waals surface area (Å²) in [4.78, 5) is 33.2. The van der Waals surface area contributed by atoms with Gasteiger partial charge in [-0.1, -0.05) is 0 Å². The van der Waals surface area contributed by atoms with Crippen LogP contribution in [0.3, 0.4) is 0 Å². The van der Waals surface area contributed by atoms with Gasteiger partial charge in [0.25, 0.3) is 0 Å². The van der Waals surface area contributed by atoms with Gasteiger partial charge in [-0.3, -0.25) is 4.79 Å². The summed E-state index contributed by atoms with van der Waals surface area (Å²) in [6.45, 7) is 3.48. The number of nitrogens with one attached hydrogen (secondary N) is 2. The highest BCUT2D eigenvalue weighted by atomic mass is 16.6. The van der Waals surface area contributed by atoms with Gasteiger partial charge in [-0.25, -0.2) is 9.78 Å². The summed E-state index contributed by atoms with van der Waals surface area (Å²) >= 11 is 0. The highest BCUT2D eigenvalue weighted by Gasteiger charge is 2.29. The smallest absolute Gasteiger partial charge is 0.409 e. The number of imidazole rings is 1. The Balaban J connectivity index is 1.46. The molecule has 2 heterocycles. The zero-order valence-corrected chi connectivity index (χ0v) is 13.5. The highest BCUT2D eigenvalue weighted by molar-refractivity contribution is 5.79. The molecule has 126 valence electrons. The van der Waals surface area contributed by atoms with Crippen molar-refractivity contribution in [3.63, 3.8) is 0 Å². The molecule has 0 spiro atoms. The number of hydrogen-bond donors (Lipinski definition) is 2. The van der Waals surface area contributed by atoms with E-state index in [4.69, 9.17) is 4.74 Å². The van der Waals surface area contributed by atoms with Crippen molar-refractivity contribution in [2.75, 3.05) is 19.7 Å². The number of carbonyl (C=O) groups is 2. The number of aromatic nitrogens is 2. The summed E-state index contributed by atoms with van der Waals surface area (Å²) in [5.41, 5.74) is 2.19. The summed E-state index contributed by atoms with van der Waals surface area (Å²) in [5, 5.41) is 3.15. The third kappa shape index (κ3) is 3.65. The van der Waals surface area contributed by atoms with E-state index in [1.165, 1.54) is 0 Å². The van der Waals surface area contributed by atoms with Crippen molar-refractivity contribution >= 4 is 12.0 Å². The van der Waals surface area contributed by atoms with E-state index in [0.717, 1.165) is 43.5 Å². The van der Waals surface area contributed by atoms with Crippen LogP contribution in [-0.2, 0) is 22.4 Å². The summed E-state index contributed by atoms with van der Waals surface area (Å²) in [6, 6.07) is 0.149. The van der Waals surface area contributed by atoms with Crippen LogP contribution >= 0.6 is 0 Å². The quantitative estimate of drug-likeness (QED) is 0.877. The van der Waals surface area contributed by atoms with E-state index in [-0.39, 0.29) is 24.0 Å². The molecule has 23 heavy (non-hydrogen) atoms. The second-order valence-electron chi connectivity index (χ2n) is 6.24. The molecule has 1 unspecified atom stereocenters. The monoisotopic (exact) mass is 320 g/mol. The largest absolute Gasteiger partial charge is 0.450 e. The minimum Gasteiger partial charge on any atom is -0.450 e. The molecule has 1 aromatic rings. The molecular formula is C16H24N4O3. The first-order valence-electron chi connectivity index (χ1n) is 8.40. The first kappa shape index (κ1) is 15.8. The van der Waals surface area contributed by atoms with Crippen LogP contribution in [0.1, 0.15) is 37.6 Å². The zero-order chi connectivity index (χ0) is 16.2. The fraction of sp³-hybridized carbons (Fsp3) is 0.688. The molecule has 0 saturated carbocycles. The molecule has 0 radical (unpaired) electrons. The lowest BCUT2D eigenvalue weighted by Crippen LogP contribution is -2.48. The van der Waals surface area contributed by atoms with Crippen LogP contribution in [0, 0.1) is 5.92 Å². The molecule has 1 saturated heterocycles. The number of hydrogen-bond acceptors (Lipinski definition) is 4. The molecule has 3 rings (SSSR count). The minimum absolute atomic E-state index is 0.0195. The van der Waals surface area contributed by atoms with Gasteiger partial charge in [0.15, 0.2) is 0 Å². The van der Waals surface area contributed by atoms with Gasteiger partial charge < -0.3 is 19.9 Å². The van der Waals surface area contributed by atoms with Gasteiger partial charge >= 0.3 is 6.09 Å². The molecule has 7 nitrogen and oxygen atoms in total. The topological polar surface area (TPSA) is 87.3 Å². The molecule has 1 aromatic heterocycles. The Morgan fingerprint density at radius 1 is 1.39 bits per heavy atom. The van der Waals surface area contributed by atoms with Crippen LogP contribution in [-0.4, -0.2) is 52.6 Å². The van der Waals surface area contributed by atoms with Gasteiger partial charge in [-0.05, 0) is 32.6 Å². The first-order valence-corrected chi connectivity index (χ1v) is 8.40. The van der Waals surface area contributed by atoms with E-state index < -0.39 is 0 Å². The van der Waals surface area contributed by atoms with Crippen molar-refractivity contribution in [2.45, 2.75) is 45.1 Å². The zero-order valence-electron chi connectivity index (χ0n) is 13.5. The Hall–Kier alpha value is -2.05. The third-order valence-electron chi connectivity index (χ3n) is 4.73. The van der Waals surface area contributed by atoms with Crippen LogP contribution < -0.4 is 5.32 Å². The van der Waals surface area contributed by atoms with E-state index in [0.29, 0.717) is 19.7 Å². The van der Waals surface area contributed by atoms with Crippen LogP contribution in [0.2, 0.25) is 0 Å².